The fourth-order valence-electron chi connectivity index (χ4n) is 3.03. The molecule has 1 aliphatic heterocycles. The Kier molecular flexibility index (Phi) is 9.37. The second kappa shape index (κ2) is 11.8. The predicted octanol–water partition coefficient (Wildman–Crippen LogP) is 0.614. The molecule has 2 rings (SSSR count). The fourth-order valence-corrected chi connectivity index (χ4v) is 5.18. The minimum atomic E-state index is -1.27. The molecule has 0 amide bonds. The number of rotatable bonds is 8. The van der Waals surface area contributed by atoms with Crippen LogP contribution in [0.5, 0.6) is 0 Å². The van der Waals surface area contributed by atoms with Gasteiger partial charge in [-0.15, -0.1) is 0 Å². The van der Waals surface area contributed by atoms with E-state index in [1.165, 1.54) is 6.92 Å². The first-order chi connectivity index (χ1) is 15.1. The van der Waals surface area contributed by atoms with Crippen LogP contribution in [0.2, 0.25) is 0 Å². The molecule has 1 heterocycles. The van der Waals surface area contributed by atoms with E-state index >= 15 is 0 Å². The van der Waals surface area contributed by atoms with Gasteiger partial charge in [0.2, 0.25) is 0 Å². The van der Waals surface area contributed by atoms with Gasteiger partial charge in [0, 0.05) is 0 Å². The van der Waals surface area contributed by atoms with Crippen molar-refractivity contribution >= 4 is 43.5 Å². The van der Waals surface area contributed by atoms with Gasteiger partial charge < -0.3 is 0 Å². The molecule has 174 valence electrons. The van der Waals surface area contributed by atoms with Gasteiger partial charge in [0.25, 0.3) is 0 Å². The van der Waals surface area contributed by atoms with Crippen molar-refractivity contribution in [3.63, 3.8) is 0 Å². The average Bonchev–Trinajstić information content (AvgIpc) is 2.70. The SMILES string of the molecule is CC(=O)OC[C@H]1O[C@@H]([Se]C(=O)c2ccccc2)[C@H](OC(C)=O)[C@@H](OC(C)=O)[C@@H]1OC(C)=O. The number of benzene rings is 1. The number of carbonyl (C=O) groups is 5. The van der Waals surface area contributed by atoms with E-state index in [4.69, 9.17) is 23.7 Å². The van der Waals surface area contributed by atoms with E-state index in [1.807, 2.05) is 0 Å². The molecular weight excluding hydrogens is 491 g/mol. The molecule has 1 saturated heterocycles. The third-order valence-corrected chi connectivity index (χ3v) is 6.41. The zero-order chi connectivity index (χ0) is 23.8. The van der Waals surface area contributed by atoms with Crippen LogP contribution in [0.1, 0.15) is 38.1 Å². The molecule has 32 heavy (non-hydrogen) atoms. The van der Waals surface area contributed by atoms with Crippen LogP contribution in [0.3, 0.4) is 0 Å². The fraction of sp³-hybridized carbons (Fsp3) is 0.476. The topological polar surface area (TPSA) is 132 Å². The first-order valence-electron chi connectivity index (χ1n) is 9.65. The Morgan fingerprint density at radius 1 is 0.781 bits per heavy atom. The van der Waals surface area contributed by atoms with Crippen molar-refractivity contribution in [2.75, 3.05) is 6.61 Å². The summed E-state index contributed by atoms with van der Waals surface area (Å²) in [6, 6.07) is 8.44. The van der Waals surface area contributed by atoms with Crippen LogP contribution >= 0.6 is 0 Å². The maximum atomic E-state index is 12.8. The molecular formula is C21H24O10Se. The van der Waals surface area contributed by atoms with E-state index < -0.39 is 68.3 Å². The summed E-state index contributed by atoms with van der Waals surface area (Å²) >= 11 is -0.935. The zero-order valence-electron chi connectivity index (χ0n) is 18.0. The van der Waals surface area contributed by atoms with Gasteiger partial charge >= 0.3 is 191 Å². The summed E-state index contributed by atoms with van der Waals surface area (Å²) in [5, 5.41) is -1.00. The molecule has 11 heteroatoms. The summed E-state index contributed by atoms with van der Waals surface area (Å²) in [5.41, 5.74) is 0.431. The van der Waals surface area contributed by atoms with Gasteiger partial charge in [0.15, 0.2) is 0 Å². The van der Waals surface area contributed by atoms with E-state index in [1.54, 1.807) is 30.3 Å². The van der Waals surface area contributed by atoms with Crippen molar-refractivity contribution in [2.24, 2.45) is 0 Å². The van der Waals surface area contributed by atoms with Crippen molar-refractivity contribution in [3.05, 3.63) is 35.9 Å². The van der Waals surface area contributed by atoms with Crippen LogP contribution in [-0.2, 0) is 42.9 Å². The number of hydrogen-bond acceptors (Lipinski definition) is 10. The Balaban J connectivity index is 2.42. The monoisotopic (exact) mass is 516 g/mol. The van der Waals surface area contributed by atoms with Crippen LogP contribution in [0.25, 0.3) is 0 Å². The van der Waals surface area contributed by atoms with Gasteiger partial charge in [-0.2, -0.15) is 0 Å². The summed E-state index contributed by atoms with van der Waals surface area (Å²) in [4.78, 5) is 59.5. The standard InChI is InChI=1S/C21H24O10Se/c1-11(22)27-10-16-17(28-12(2)23)18(29-13(3)24)19(30-14(4)25)21(31-16)32-20(26)15-8-6-5-7-9-15/h5-9,16-19,21H,10H2,1-4H3/t16-,17-,18+,19-,21+/m1/s1. The summed E-state index contributed by atoms with van der Waals surface area (Å²) in [7, 11) is 0. The second-order valence-electron chi connectivity index (χ2n) is 6.84. The molecule has 1 aromatic carbocycles. The molecule has 0 unspecified atom stereocenters. The zero-order valence-corrected chi connectivity index (χ0v) is 19.7. The van der Waals surface area contributed by atoms with Crippen LogP contribution in [-0.4, -0.2) is 79.5 Å². The van der Waals surface area contributed by atoms with E-state index in [-0.39, 0.29) is 11.3 Å². The number of carbonyl (C=O) groups excluding carboxylic acids is 5. The van der Waals surface area contributed by atoms with Gasteiger partial charge in [0.05, 0.1) is 0 Å². The van der Waals surface area contributed by atoms with Crippen LogP contribution in [0, 0.1) is 0 Å². The Hall–Kier alpha value is -2.75. The first-order valence-corrected chi connectivity index (χ1v) is 11.5. The van der Waals surface area contributed by atoms with Crippen molar-refractivity contribution < 1.29 is 47.7 Å². The van der Waals surface area contributed by atoms with Crippen molar-refractivity contribution in [1.29, 1.82) is 0 Å². The number of esters is 4. The third-order valence-electron chi connectivity index (χ3n) is 4.18. The Morgan fingerprint density at radius 3 is 1.84 bits per heavy atom. The van der Waals surface area contributed by atoms with Crippen molar-refractivity contribution in [3.8, 4) is 0 Å². The molecule has 0 N–H and O–H groups in total. The second-order valence-corrected chi connectivity index (χ2v) is 9.09. The van der Waals surface area contributed by atoms with E-state index in [9.17, 15) is 24.0 Å². The molecule has 10 nitrogen and oxygen atoms in total. The van der Waals surface area contributed by atoms with Gasteiger partial charge in [0.1, 0.15) is 0 Å². The van der Waals surface area contributed by atoms with Crippen LogP contribution < -0.4 is 0 Å². The summed E-state index contributed by atoms with van der Waals surface area (Å²) < 4.78 is 26.7. The number of ether oxygens (including phenoxy) is 5. The number of hydrogen-bond donors (Lipinski definition) is 0. The van der Waals surface area contributed by atoms with E-state index in [2.05, 4.69) is 0 Å². The molecule has 1 aliphatic rings. The molecule has 1 aromatic rings. The molecule has 0 saturated carbocycles. The van der Waals surface area contributed by atoms with Gasteiger partial charge in [-0.05, 0) is 0 Å². The molecule has 0 radical (unpaired) electrons. The molecule has 0 aliphatic carbocycles. The Morgan fingerprint density at radius 2 is 1.31 bits per heavy atom. The normalized spacial score (nSPS) is 24.7. The molecule has 0 aromatic heterocycles. The molecule has 5 atom stereocenters. The molecule has 1 fully saturated rings. The minimum absolute atomic E-state index is 0.251. The van der Waals surface area contributed by atoms with Crippen molar-refractivity contribution in [1.82, 2.24) is 0 Å². The van der Waals surface area contributed by atoms with Crippen LogP contribution in [0.4, 0.5) is 0 Å². The van der Waals surface area contributed by atoms with Gasteiger partial charge in [-0.1, -0.05) is 0 Å². The van der Waals surface area contributed by atoms with Crippen molar-refractivity contribution in [2.45, 2.75) is 57.1 Å². The Labute approximate surface area is 191 Å². The summed E-state index contributed by atoms with van der Waals surface area (Å²) in [6.45, 7) is 4.30. The molecule has 0 bridgehead atoms. The maximum absolute atomic E-state index is 12.8. The third kappa shape index (κ3) is 7.44. The quantitative estimate of drug-likeness (QED) is 0.276. The molecule has 0 spiro atoms. The predicted molar refractivity (Wildman–Crippen MR) is 108 cm³/mol. The Bertz CT molecular complexity index is 855. The first kappa shape index (κ1) is 25.5. The van der Waals surface area contributed by atoms with Gasteiger partial charge in [-0.3, -0.25) is 0 Å². The van der Waals surface area contributed by atoms with E-state index in [0.717, 1.165) is 20.8 Å². The van der Waals surface area contributed by atoms with Crippen LogP contribution in [0.15, 0.2) is 30.3 Å². The summed E-state index contributed by atoms with van der Waals surface area (Å²) in [5.74, 6) is -2.75. The summed E-state index contributed by atoms with van der Waals surface area (Å²) in [6.07, 6.45) is -4.79. The van der Waals surface area contributed by atoms with Gasteiger partial charge in [-0.25, -0.2) is 0 Å². The average molecular weight is 515 g/mol. The van der Waals surface area contributed by atoms with E-state index in [0.29, 0.717) is 5.56 Å².